The van der Waals surface area contributed by atoms with Gasteiger partial charge in [-0.2, -0.15) is 0 Å². The zero-order chi connectivity index (χ0) is 20.1. The highest BCUT2D eigenvalue weighted by Crippen LogP contribution is 2.46. The standard InChI is InChI=1S/C23H27N3O2/c1-6-28-21(27)15-7-10-19-20(13-15)26(25-24-19)16-8-9-17-18(14-16)23(4,5)12-11-22(17,2)3/h7-10,13-14H,6,11-12H2,1-5H3. The molecular weight excluding hydrogens is 350 g/mol. The Morgan fingerprint density at radius 2 is 1.75 bits per heavy atom. The molecule has 1 aliphatic carbocycles. The Kier molecular flexibility index (Phi) is 4.29. The van der Waals surface area contributed by atoms with Gasteiger partial charge >= 0.3 is 5.97 Å². The van der Waals surface area contributed by atoms with Gasteiger partial charge in [-0.1, -0.05) is 39.0 Å². The van der Waals surface area contributed by atoms with Crippen molar-refractivity contribution in [3.8, 4) is 5.69 Å². The summed E-state index contributed by atoms with van der Waals surface area (Å²) in [7, 11) is 0. The highest BCUT2D eigenvalue weighted by Gasteiger charge is 2.37. The number of hydrogen-bond acceptors (Lipinski definition) is 4. The highest BCUT2D eigenvalue weighted by molar-refractivity contribution is 5.93. The Labute approximate surface area is 165 Å². The molecule has 2 aromatic carbocycles. The Bertz CT molecular complexity index is 1060. The van der Waals surface area contributed by atoms with Crippen LogP contribution in [0.4, 0.5) is 0 Å². The molecule has 3 aromatic rings. The molecule has 0 saturated heterocycles. The smallest absolute Gasteiger partial charge is 0.338 e. The lowest BCUT2D eigenvalue weighted by Gasteiger charge is -2.42. The van der Waals surface area contributed by atoms with Crippen molar-refractivity contribution in [1.82, 2.24) is 15.0 Å². The molecule has 28 heavy (non-hydrogen) atoms. The molecule has 146 valence electrons. The summed E-state index contributed by atoms with van der Waals surface area (Å²) in [4.78, 5) is 12.1. The number of fused-ring (bicyclic) bond motifs is 2. The maximum atomic E-state index is 12.1. The summed E-state index contributed by atoms with van der Waals surface area (Å²) in [5.74, 6) is -0.328. The summed E-state index contributed by atoms with van der Waals surface area (Å²) in [6.45, 7) is 11.4. The third-order valence-electron chi connectivity index (χ3n) is 6.04. The number of ether oxygens (including phenoxy) is 1. The fourth-order valence-corrected chi connectivity index (χ4v) is 4.16. The van der Waals surface area contributed by atoms with Gasteiger partial charge in [0.25, 0.3) is 0 Å². The van der Waals surface area contributed by atoms with E-state index in [1.165, 1.54) is 17.5 Å². The lowest BCUT2D eigenvalue weighted by molar-refractivity contribution is 0.0526. The molecule has 0 fully saturated rings. The van der Waals surface area contributed by atoms with E-state index in [0.717, 1.165) is 23.1 Å². The molecular formula is C23H27N3O2. The molecule has 4 rings (SSSR count). The quantitative estimate of drug-likeness (QED) is 0.606. The van der Waals surface area contributed by atoms with Gasteiger partial charge < -0.3 is 4.74 Å². The first-order valence-corrected chi connectivity index (χ1v) is 9.91. The largest absolute Gasteiger partial charge is 0.462 e. The summed E-state index contributed by atoms with van der Waals surface area (Å²) in [6, 6.07) is 11.9. The van der Waals surface area contributed by atoms with Crippen LogP contribution in [0, 0.1) is 0 Å². The molecule has 0 unspecified atom stereocenters. The number of hydrogen-bond donors (Lipinski definition) is 0. The molecule has 1 heterocycles. The van der Waals surface area contributed by atoms with Crippen molar-refractivity contribution in [2.45, 2.75) is 58.3 Å². The summed E-state index contributed by atoms with van der Waals surface area (Å²) >= 11 is 0. The van der Waals surface area contributed by atoms with Crippen LogP contribution in [0.5, 0.6) is 0 Å². The summed E-state index contributed by atoms with van der Waals surface area (Å²) in [5, 5.41) is 8.64. The minimum absolute atomic E-state index is 0.118. The van der Waals surface area contributed by atoms with Crippen molar-refractivity contribution in [2.24, 2.45) is 0 Å². The van der Waals surface area contributed by atoms with Crippen LogP contribution in [0.25, 0.3) is 16.7 Å². The zero-order valence-corrected chi connectivity index (χ0v) is 17.2. The van der Waals surface area contributed by atoms with Crippen LogP contribution in [0.3, 0.4) is 0 Å². The maximum Gasteiger partial charge on any atom is 0.338 e. The molecule has 5 nitrogen and oxygen atoms in total. The van der Waals surface area contributed by atoms with E-state index in [1.54, 1.807) is 13.0 Å². The van der Waals surface area contributed by atoms with Crippen molar-refractivity contribution < 1.29 is 9.53 Å². The first kappa shape index (κ1) is 18.7. The van der Waals surface area contributed by atoms with Gasteiger partial charge in [-0.25, -0.2) is 9.48 Å². The number of esters is 1. The molecule has 0 radical (unpaired) electrons. The minimum Gasteiger partial charge on any atom is -0.462 e. The van der Waals surface area contributed by atoms with Crippen molar-refractivity contribution >= 4 is 17.0 Å². The van der Waals surface area contributed by atoms with Crippen LogP contribution in [0.15, 0.2) is 36.4 Å². The first-order valence-electron chi connectivity index (χ1n) is 9.91. The van der Waals surface area contributed by atoms with E-state index in [4.69, 9.17) is 4.74 Å². The van der Waals surface area contributed by atoms with Crippen LogP contribution < -0.4 is 0 Å². The van der Waals surface area contributed by atoms with Gasteiger partial charge in [0.15, 0.2) is 0 Å². The zero-order valence-electron chi connectivity index (χ0n) is 17.2. The Balaban J connectivity index is 1.85. The van der Waals surface area contributed by atoms with E-state index in [0.29, 0.717) is 12.2 Å². The average Bonchev–Trinajstić information content (AvgIpc) is 3.09. The number of nitrogens with zero attached hydrogens (tertiary/aromatic N) is 3. The van der Waals surface area contributed by atoms with Crippen LogP contribution in [0.1, 0.15) is 68.9 Å². The van der Waals surface area contributed by atoms with E-state index in [-0.39, 0.29) is 16.8 Å². The molecule has 1 aliphatic rings. The average molecular weight is 377 g/mol. The van der Waals surface area contributed by atoms with Gasteiger partial charge in [0, 0.05) is 0 Å². The second kappa shape index (κ2) is 6.43. The number of carbonyl (C=O) groups is 1. The summed E-state index contributed by atoms with van der Waals surface area (Å²) < 4.78 is 6.95. The number of aromatic nitrogens is 3. The fourth-order valence-electron chi connectivity index (χ4n) is 4.16. The topological polar surface area (TPSA) is 57.0 Å². The lowest BCUT2D eigenvalue weighted by atomic mass is 9.63. The lowest BCUT2D eigenvalue weighted by Crippen LogP contribution is -2.33. The van der Waals surface area contributed by atoms with E-state index >= 15 is 0 Å². The monoisotopic (exact) mass is 377 g/mol. The third-order valence-corrected chi connectivity index (χ3v) is 6.04. The second-order valence-corrected chi connectivity index (χ2v) is 8.92. The Morgan fingerprint density at radius 1 is 1.04 bits per heavy atom. The van der Waals surface area contributed by atoms with Gasteiger partial charge in [0.1, 0.15) is 5.52 Å². The van der Waals surface area contributed by atoms with E-state index in [9.17, 15) is 4.79 Å². The van der Waals surface area contributed by atoms with Gasteiger partial charge in [0.05, 0.1) is 23.4 Å². The highest BCUT2D eigenvalue weighted by atomic mass is 16.5. The van der Waals surface area contributed by atoms with E-state index in [2.05, 4.69) is 56.2 Å². The SMILES string of the molecule is CCOC(=O)c1ccc2nnn(-c3ccc4c(c3)C(C)(C)CCC4(C)C)c2c1. The van der Waals surface area contributed by atoms with Crippen LogP contribution >= 0.6 is 0 Å². The molecule has 0 aliphatic heterocycles. The molecule has 0 amide bonds. The van der Waals surface area contributed by atoms with Crippen LogP contribution in [-0.2, 0) is 15.6 Å². The molecule has 1 aromatic heterocycles. The maximum absolute atomic E-state index is 12.1. The van der Waals surface area contributed by atoms with Crippen molar-refractivity contribution in [2.75, 3.05) is 6.61 Å². The molecule has 0 N–H and O–H groups in total. The van der Waals surface area contributed by atoms with Crippen LogP contribution in [-0.4, -0.2) is 27.6 Å². The Hall–Kier alpha value is -2.69. The Morgan fingerprint density at radius 3 is 2.46 bits per heavy atom. The summed E-state index contributed by atoms with van der Waals surface area (Å²) in [6.07, 6.45) is 2.34. The van der Waals surface area contributed by atoms with Crippen molar-refractivity contribution in [1.29, 1.82) is 0 Å². The summed E-state index contributed by atoms with van der Waals surface area (Å²) in [5.41, 5.74) is 6.10. The normalized spacial score (nSPS) is 17.3. The fraction of sp³-hybridized carbons (Fsp3) is 0.435. The molecule has 0 spiro atoms. The van der Waals surface area contributed by atoms with E-state index < -0.39 is 0 Å². The number of benzene rings is 2. The van der Waals surface area contributed by atoms with E-state index in [1.807, 2.05) is 16.8 Å². The molecule has 0 bridgehead atoms. The predicted octanol–water partition coefficient (Wildman–Crippen LogP) is 4.95. The van der Waals surface area contributed by atoms with Gasteiger partial charge in [-0.15, -0.1) is 5.10 Å². The van der Waals surface area contributed by atoms with Gasteiger partial charge in [-0.3, -0.25) is 0 Å². The molecule has 0 atom stereocenters. The van der Waals surface area contributed by atoms with Crippen molar-refractivity contribution in [3.63, 3.8) is 0 Å². The van der Waals surface area contributed by atoms with Crippen molar-refractivity contribution in [3.05, 3.63) is 53.1 Å². The van der Waals surface area contributed by atoms with Gasteiger partial charge in [-0.05, 0) is 72.1 Å². The number of rotatable bonds is 3. The second-order valence-electron chi connectivity index (χ2n) is 8.92. The minimum atomic E-state index is -0.328. The number of carbonyl (C=O) groups excluding carboxylic acids is 1. The molecule has 0 saturated carbocycles. The predicted molar refractivity (Wildman–Crippen MR) is 110 cm³/mol. The third kappa shape index (κ3) is 2.99. The van der Waals surface area contributed by atoms with Gasteiger partial charge in [0.2, 0.25) is 0 Å². The van der Waals surface area contributed by atoms with Crippen LogP contribution in [0.2, 0.25) is 0 Å². The first-order chi connectivity index (χ1) is 13.2. The molecule has 5 heteroatoms.